The number of nitrogens with one attached hydrogen (secondary N) is 1. The van der Waals surface area contributed by atoms with E-state index in [1.165, 1.54) is 21.7 Å². The van der Waals surface area contributed by atoms with Gasteiger partial charge in [-0.2, -0.15) is 5.10 Å². The van der Waals surface area contributed by atoms with Crippen molar-refractivity contribution in [3.63, 3.8) is 0 Å². The van der Waals surface area contributed by atoms with Gasteiger partial charge in [-0.25, -0.2) is 0 Å². The Morgan fingerprint density at radius 1 is 1.26 bits per heavy atom. The largest absolute Gasteiger partial charge is 0.399 e. The first kappa shape index (κ1) is 12.3. The van der Waals surface area contributed by atoms with Gasteiger partial charge in [-0.1, -0.05) is 12.1 Å². The normalized spacial score (nSPS) is 11.8. The second-order valence-corrected chi connectivity index (χ2v) is 5.49. The van der Waals surface area contributed by atoms with Crippen LogP contribution in [0.2, 0.25) is 0 Å². The average Bonchev–Trinajstić information content (AvgIpc) is 2.99. The maximum Gasteiger partial charge on any atom is 0.0963 e. The van der Waals surface area contributed by atoms with Gasteiger partial charge in [0.2, 0.25) is 0 Å². The minimum absolute atomic E-state index is 0. The number of fused-ring (bicyclic) bond motifs is 3. The SMILES string of the molecule is Cl.Nc1cccc(-c2n[nH]c3c2Cc2sccc2-3)c1. The summed E-state index contributed by atoms with van der Waals surface area (Å²) in [5.74, 6) is 0. The molecule has 3 N–H and O–H groups in total. The van der Waals surface area contributed by atoms with Crippen molar-refractivity contribution in [1.82, 2.24) is 10.2 Å². The Labute approximate surface area is 120 Å². The van der Waals surface area contributed by atoms with E-state index in [-0.39, 0.29) is 12.4 Å². The molecule has 0 unspecified atom stereocenters. The van der Waals surface area contributed by atoms with E-state index in [4.69, 9.17) is 5.73 Å². The zero-order valence-corrected chi connectivity index (χ0v) is 11.6. The van der Waals surface area contributed by atoms with Gasteiger partial charge in [-0.05, 0) is 23.6 Å². The molecule has 2 aromatic heterocycles. The van der Waals surface area contributed by atoms with Crippen LogP contribution in [0.1, 0.15) is 10.4 Å². The Bertz CT molecular complexity index is 745. The van der Waals surface area contributed by atoms with Crippen LogP contribution in [0.15, 0.2) is 35.7 Å². The summed E-state index contributed by atoms with van der Waals surface area (Å²) in [6.45, 7) is 0. The number of aromatic amines is 1. The number of aromatic nitrogens is 2. The van der Waals surface area contributed by atoms with Gasteiger partial charge in [-0.15, -0.1) is 23.7 Å². The topological polar surface area (TPSA) is 54.7 Å². The first-order valence-corrected chi connectivity index (χ1v) is 6.71. The van der Waals surface area contributed by atoms with Crippen LogP contribution < -0.4 is 5.73 Å². The average molecular weight is 290 g/mol. The lowest BCUT2D eigenvalue weighted by Gasteiger charge is -2.01. The molecule has 0 spiro atoms. The minimum atomic E-state index is 0. The molecule has 4 rings (SSSR count). The van der Waals surface area contributed by atoms with Gasteiger partial charge in [0, 0.05) is 33.7 Å². The third-order valence-electron chi connectivity index (χ3n) is 3.38. The summed E-state index contributed by atoms with van der Waals surface area (Å²) in [5, 5.41) is 9.75. The number of anilines is 1. The maximum atomic E-state index is 5.84. The number of hydrogen-bond acceptors (Lipinski definition) is 3. The number of H-pyrrole nitrogens is 1. The number of nitrogens with zero attached hydrogens (tertiary/aromatic N) is 1. The molecule has 3 nitrogen and oxygen atoms in total. The Balaban J connectivity index is 0.00000110. The Morgan fingerprint density at radius 3 is 3.00 bits per heavy atom. The highest BCUT2D eigenvalue weighted by Crippen LogP contribution is 2.42. The quantitative estimate of drug-likeness (QED) is 0.525. The van der Waals surface area contributed by atoms with E-state index in [2.05, 4.69) is 27.7 Å². The zero-order valence-electron chi connectivity index (χ0n) is 10.0. The molecule has 0 fully saturated rings. The van der Waals surface area contributed by atoms with E-state index in [1.54, 1.807) is 0 Å². The molecule has 5 heteroatoms. The molecule has 19 heavy (non-hydrogen) atoms. The van der Waals surface area contributed by atoms with E-state index < -0.39 is 0 Å². The number of thiophene rings is 1. The number of nitrogens with two attached hydrogens (primary N) is 1. The molecule has 1 aliphatic rings. The zero-order chi connectivity index (χ0) is 12.1. The summed E-state index contributed by atoms with van der Waals surface area (Å²) < 4.78 is 0. The summed E-state index contributed by atoms with van der Waals surface area (Å²) in [6.07, 6.45) is 0.975. The summed E-state index contributed by atoms with van der Waals surface area (Å²) in [6, 6.07) is 10.1. The maximum absolute atomic E-state index is 5.84. The molecule has 0 saturated heterocycles. The van der Waals surface area contributed by atoms with Crippen molar-refractivity contribution in [2.45, 2.75) is 6.42 Å². The van der Waals surface area contributed by atoms with Crippen molar-refractivity contribution in [2.75, 3.05) is 5.73 Å². The lowest BCUT2D eigenvalue weighted by atomic mass is 10.1. The second-order valence-electron chi connectivity index (χ2n) is 4.49. The molecule has 96 valence electrons. The van der Waals surface area contributed by atoms with Crippen LogP contribution in [0.4, 0.5) is 5.69 Å². The number of nitrogen functional groups attached to an aromatic ring is 1. The van der Waals surface area contributed by atoms with Crippen LogP contribution in [0.25, 0.3) is 22.5 Å². The number of benzene rings is 1. The van der Waals surface area contributed by atoms with Crippen LogP contribution in [0.3, 0.4) is 0 Å². The highest BCUT2D eigenvalue weighted by atomic mass is 35.5. The van der Waals surface area contributed by atoms with Crippen molar-refractivity contribution < 1.29 is 0 Å². The molecular formula is C14H12ClN3S. The summed E-state index contributed by atoms with van der Waals surface area (Å²) in [4.78, 5) is 1.42. The van der Waals surface area contributed by atoms with Crippen molar-refractivity contribution >= 4 is 29.4 Å². The lowest BCUT2D eigenvalue weighted by molar-refractivity contribution is 1.10. The molecule has 3 aromatic rings. The molecule has 0 radical (unpaired) electrons. The van der Waals surface area contributed by atoms with Gasteiger partial charge in [0.1, 0.15) is 0 Å². The molecule has 1 aromatic carbocycles. The summed E-state index contributed by atoms with van der Waals surface area (Å²) in [5.41, 5.74) is 12.5. The molecule has 2 heterocycles. The van der Waals surface area contributed by atoms with Crippen LogP contribution in [0, 0.1) is 0 Å². The summed E-state index contributed by atoms with van der Waals surface area (Å²) in [7, 11) is 0. The van der Waals surface area contributed by atoms with E-state index in [1.807, 2.05) is 29.5 Å². The van der Waals surface area contributed by atoms with E-state index in [0.29, 0.717) is 0 Å². The predicted octanol–water partition coefficient (Wildman–Crippen LogP) is 3.71. The number of halogens is 1. The van der Waals surface area contributed by atoms with Crippen LogP contribution in [0.5, 0.6) is 0 Å². The Hall–Kier alpha value is -1.78. The molecule has 0 bridgehead atoms. The Kier molecular flexibility index (Phi) is 2.84. The van der Waals surface area contributed by atoms with Gasteiger partial charge >= 0.3 is 0 Å². The van der Waals surface area contributed by atoms with E-state index >= 15 is 0 Å². The van der Waals surface area contributed by atoms with Gasteiger partial charge in [-0.3, -0.25) is 5.10 Å². The van der Waals surface area contributed by atoms with Crippen molar-refractivity contribution in [3.8, 4) is 22.5 Å². The first-order chi connectivity index (χ1) is 8.83. The lowest BCUT2D eigenvalue weighted by Crippen LogP contribution is -1.88. The van der Waals surface area contributed by atoms with Crippen LogP contribution in [-0.4, -0.2) is 10.2 Å². The minimum Gasteiger partial charge on any atom is -0.399 e. The third kappa shape index (κ3) is 1.76. The predicted molar refractivity (Wildman–Crippen MR) is 81.8 cm³/mol. The van der Waals surface area contributed by atoms with Crippen LogP contribution >= 0.6 is 23.7 Å². The smallest absolute Gasteiger partial charge is 0.0963 e. The van der Waals surface area contributed by atoms with Crippen molar-refractivity contribution in [3.05, 3.63) is 46.2 Å². The highest BCUT2D eigenvalue weighted by Gasteiger charge is 2.25. The standard InChI is InChI=1S/C14H11N3S.ClH/c15-9-3-1-2-8(6-9)13-11-7-12-10(4-5-18-12)14(11)17-16-13;/h1-6H,7,15H2,(H,16,17);1H. The van der Waals surface area contributed by atoms with Crippen molar-refractivity contribution in [1.29, 1.82) is 0 Å². The summed E-state index contributed by atoms with van der Waals surface area (Å²) >= 11 is 1.81. The van der Waals surface area contributed by atoms with Crippen molar-refractivity contribution in [2.24, 2.45) is 0 Å². The van der Waals surface area contributed by atoms with Gasteiger partial charge < -0.3 is 5.73 Å². The highest BCUT2D eigenvalue weighted by molar-refractivity contribution is 7.10. The molecule has 0 amide bonds. The third-order valence-corrected chi connectivity index (χ3v) is 4.30. The monoisotopic (exact) mass is 289 g/mol. The fourth-order valence-corrected chi connectivity index (χ4v) is 3.44. The van der Waals surface area contributed by atoms with E-state index in [9.17, 15) is 0 Å². The van der Waals surface area contributed by atoms with Gasteiger partial charge in [0.15, 0.2) is 0 Å². The number of rotatable bonds is 1. The molecular weight excluding hydrogens is 278 g/mol. The van der Waals surface area contributed by atoms with Gasteiger partial charge in [0.25, 0.3) is 0 Å². The Morgan fingerprint density at radius 2 is 2.16 bits per heavy atom. The molecule has 0 atom stereocenters. The fraction of sp³-hybridized carbons (Fsp3) is 0.0714. The van der Waals surface area contributed by atoms with E-state index in [0.717, 1.165) is 23.4 Å². The second kappa shape index (κ2) is 4.40. The molecule has 1 aliphatic carbocycles. The molecule has 0 saturated carbocycles. The first-order valence-electron chi connectivity index (χ1n) is 5.83. The van der Waals surface area contributed by atoms with Gasteiger partial charge in [0.05, 0.1) is 11.4 Å². The van der Waals surface area contributed by atoms with Crippen LogP contribution in [-0.2, 0) is 6.42 Å². The number of hydrogen-bond donors (Lipinski definition) is 2. The molecule has 0 aliphatic heterocycles. The fourth-order valence-electron chi connectivity index (χ4n) is 2.55.